The second kappa shape index (κ2) is 4.16. The number of nitrogen functional groups attached to an aromatic ring is 1. The van der Waals surface area contributed by atoms with E-state index in [1.54, 1.807) is 12.3 Å². The first kappa shape index (κ1) is 9.76. The van der Waals surface area contributed by atoms with Crippen LogP contribution < -0.4 is 16.4 Å². The lowest BCUT2D eigenvalue weighted by molar-refractivity contribution is -0.119. The maximum atomic E-state index is 10.9. The van der Waals surface area contributed by atoms with Gasteiger partial charge >= 0.3 is 0 Å². The van der Waals surface area contributed by atoms with Crippen LogP contribution in [-0.4, -0.2) is 23.5 Å². The fourth-order valence-corrected chi connectivity index (χ4v) is 1.57. The molecule has 1 fully saturated rings. The Labute approximate surface area is 88.1 Å². The number of carbonyl (C=O) groups excluding carboxylic acids is 1. The first-order valence-corrected chi connectivity index (χ1v) is 4.99. The van der Waals surface area contributed by atoms with Gasteiger partial charge in [0.25, 0.3) is 0 Å². The number of nitrogens with two attached hydrogens (primary N) is 1. The molecule has 2 rings (SSSR count). The molecule has 0 saturated carbocycles. The van der Waals surface area contributed by atoms with Crippen LogP contribution in [0.3, 0.4) is 0 Å². The van der Waals surface area contributed by atoms with Crippen molar-refractivity contribution in [1.29, 1.82) is 0 Å². The number of aromatic nitrogens is 1. The first-order chi connectivity index (χ1) is 7.24. The minimum absolute atomic E-state index is 0.132. The van der Waals surface area contributed by atoms with E-state index in [4.69, 9.17) is 5.73 Å². The van der Waals surface area contributed by atoms with E-state index in [9.17, 15) is 4.79 Å². The van der Waals surface area contributed by atoms with Crippen molar-refractivity contribution in [3.05, 3.63) is 18.3 Å². The molecular weight excluding hydrogens is 192 g/mol. The highest BCUT2D eigenvalue weighted by atomic mass is 16.1. The second-order valence-corrected chi connectivity index (χ2v) is 3.66. The molecule has 0 aromatic carbocycles. The SMILES string of the molecule is Nc1ccc(NCC2CCC(=O)N2)nc1. The third-order valence-electron chi connectivity index (χ3n) is 2.40. The third kappa shape index (κ3) is 2.59. The first-order valence-electron chi connectivity index (χ1n) is 4.99. The number of hydrogen-bond donors (Lipinski definition) is 3. The number of pyridine rings is 1. The van der Waals surface area contributed by atoms with Crippen molar-refractivity contribution in [2.45, 2.75) is 18.9 Å². The van der Waals surface area contributed by atoms with Gasteiger partial charge in [-0.2, -0.15) is 0 Å². The Morgan fingerprint density at radius 3 is 3.07 bits per heavy atom. The molecule has 15 heavy (non-hydrogen) atoms. The van der Waals surface area contributed by atoms with E-state index in [2.05, 4.69) is 15.6 Å². The van der Waals surface area contributed by atoms with Gasteiger partial charge in [-0.1, -0.05) is 0 Å². The van der Waals surface area contributed by atoms with Crippen molar-refractivity contribution in [2.75, 3.05) is 17.6 Å². The van der Waals surface area contributed by atoms with Crippen molar-refractivity contribution in [3.63, 3.8) is 0 Å². The molecule has 1 amide bonds. The summed E-state index contributed by atoms with van der Waals surface area (Å²) in [5, 5.41) is 6.03. The normalized spacial score (nSPS) is 20.0. The summed E-state index contributed by atoms with van der Waals surface area (Å²) in [7, 11) is 0. The molecule has 0 bridgehead atoms. The molecule has 2 heterocycles. The summed E-state index contributed by atoms with van der Waals surface area (Å²) >= 11 is 0. The zero-order valence-electron chi connectivity index (χ0n) is 8.36. The van der Waals surface area contributed by atoms with Gasteiger partial charge in [-0.3, -0.25) is 4.79 Å². The zero-order valence-corrected chi connectivity index (χ0v) is 8.36. The average Bonchev–Trinajstić information content (AvgIpc) is 2.64. The van der Waals surface area contributed by atoms with Crippen LogP contribution in [0, 0.1) is 0 Å². The van der Waals surface area contributed by atoms with Gasteiger partial charge in [0.15, 0.2) is 0 Å². The Kier molecular flexibility index (Phi) is 2.71. The lowest BCUT2D eigenvalue weighted by Crippen LogP contribution is -2.31. The van der Waals surface area contributed by atoms with Gasteiger partial charge in [0.2, 0.25) is 5.91 Å². The van der Waals surface area contributed by atoms with Crippen molar-refractivity contribution < 1.29 is 4.79 Å². The molecule has 0 spiro atoms. The minimum Gasteiger partial charge on any atom is -0.397 e. The Balaban J connectivity index is 1.83. The van der Waals surface area contributed by atoms with Gasteiger partial charge < -0.3 is 16.4 Å². The van der Waals surface area contributed by atoms with Crippen molar-refractivity contribution in [3.8, 4) is 0 Å². The lowest BCUT2D eigenvalue weighted by Gasteiger charge is -2.11. The molecule has 1 unspecified atom stereocenters. The third-order valence-corrected chi connectivity index (χ3v) is 2.40. The molecule has 0 radical (unpaired) electrons. The van der Waals surface area contributed by atoms with Crippen LogP contribution >= 0.6 is 0 Å². The number of nitrogens with one attached hydrogen (secondary N) is 2. The highest BCUT2D eigenvalue weighted by Gasteiger charge is 2.19. The maximum Gasteiger partial charge on any atom is 0.220 e. The maximum absolute atomic E-state index is 10.9. The fourth-order valence-electron chi connectivity index (χ4n) is 1.57. The lowest BCUT2D eigenvalue weighted by atomic mass is 10.2. The van der Waals surface area contributed by atoms with Crippen LogP contribution in [0.25, 0.3) is 0 Å². The molecule has 5 heteroatoms. The molecule has 80 valence electrons. The average molecular weight is 206 g/mol. The minimum atomic E-state index is 0.132. The molecule has 1 aliphatic heterocycles. The number of nitrogens with zero attached hydrogens (tertiary/aromatic N) is 1. The highest BCUT2D eigenvalue weighted by molar-refractivity contribution is 5.78. The Bertz CT molecular complexity index is 349. The molecule has 1 atom stereocenters. The smallest absolute Gasteiger partial charge is 0.220 e. The number of hydrogen-bond acceptors (Lipinski definition) is 4. The Hall–Kier alpha value is -1.78. The van der Waals surface area contributed by atoms with E-state index >= 15 is 0 Å². The topological polar surface area (TPSA) is 80.0 Å². The van der Waals surface area contributed by atoms with Gasteiger partial charge in [-0.25, -0.2) is 4.98 Å². The summed E-state index contributed by atoms with van der Waals surface area (Å²) in [4.78, 5) is 15.0. The van der Waals surface area contributed by atoms with Gasteiger partial charge in [0.1, 0.15) is 5.82 Å². The predicted octanol–water partition coefficient (Wildman–Crippen LogP) is 0.354. The molecule has 5 nitrogen and oxygen atoms in total. The molecular formula is C10H14N4O. The summed E-state index contributed by atoms with van der Waals surface area (Å²) in [6.45, 7) is 0.711. The Morgan fingerprint density at radius 2 is 2.47 bits per heavy atom. The van der Waals surface area contributed by atoms with Crippen molar-refractivity contribution in [2.24, 2.45) is 0 Å². The molecule has 1 aromatic heterocycles. The van der Waals surface area contributed by atoms with Gasteiger partial charge in [0, 0.05) is 19.0 Å². The number of rotatable bonds is 3. The zero-order chi connectivity index (χ0) is 10.7. The van der Waals surface area contributed by atoms with Crippen LogP contribution in [0.2, 0.25) is 0 Å². The number of carbonyl (C=O) groups is 1. The molecule has 0 aliphatic carbocycles. The largest absolute Gasteiger partial charge is 0.397 e. The van der Waals surface area contributed by atoms with Crippen LogP contribution in [0.15, 0.2) is 18.3 Å². The van der Waals surface area contributed by atoms with Crippen molar-refractivity contribution in [1.82, 2.24) is 10.3 Å². The van der Waals surface area contributed by atoms with E-state index in [0.29, 0.717) is 18.7 Å². The molecule has 1 saturated heterocycles. The van der Waals surface area contributed by atoms with E-state index in [1.807, 2.05) is 6.07 Å². The van der Waals surface area contributed by atoms with E-state index in [0.717, 1.165) is 12.2 Å². The molecule has 4 N–H and O–H groups in total. The molecule has 1 aliphatic rings. The monoisotopic (exact) mass is 206 g/mol. The molecule has 1 aromatic rings. The van der Waals surface area contributed by atoms with Gasteiger partial charge in [-0.05, 0) is 18.6 Å². The number of amides is 1. The summed E-state index contributed by atoms with van der Waals surface area (Å²) in [6.07, 6.45) is 3.12. The standard InChI is InChI=1S/C10H14N4O/c11-7-1-3-9(12-5-7)13-6-8-2-4-10(15)14-8/h1,3,5,8H,2,4,6,11H2,(H,12,13)(H,14,15). The summed E-state index contributed by atoms with van der Waals surface area (Å²) in [6, 6.07) is 3.84. The van der Waals surface area contributed by atoms with Crippen LogP contribution in [0.1, 0.15) is 12.8 Å². The fraction of sp³-hybridized carbons (Fsp3) is 0.400. The van der Waals surface area contributed by atoms with Crippen LogP contribution in [-0.2, 0) is 4.79 Å². The van der Waals surface area contributed by atoms with E-state index in [-0.39, 0.29) is 11.9 Å². The Morgan fingerprint density at radius 1 is 1.60 bits per heavy atom. The van der Waals surface area contributed by atoms with E-state index in [1.165, 1.54) is 0 Å². The summed E-state index contributed by atoms with van der Waals surface area (Å²) < 4.78 is 0. The van der Waals surface area contributed by atoms with Crippen LogP contribution in [0.5, 0.6) is 0 Å². The van der Waals surface area contributed by atoms with Crippen LogP contribution in [0.4, 0.5) is 11.5 Å². The second-order valence-electron chi connectivity index (χ2n) is 3.66. The summed E-state index contributed by atoms with van der Waals surface area (Å²) in [5.41, 5.74) is 6.16. The predicted molar refractivity (Wildman–Crippen MR) is 58.3 cm³/mol. The van der Waals surface area contributed by atoms with Gasteiger partial charge in [0.05, 0.1) is 11.9 Å². The summed E-state index contributed by atoms with van der Waals surface area (Å²) in [5.74, 6) is 0.914. The van der Waals surface area contributed by atoms with E-state index < -0.39 is 0 Å². The van der Waals surface area contributed by atoms with Gasteiger partial charge in [-0.15, -0.1) is 0 Å². The quantitative estimate of drug-likeness (QED) is 0.667. The van der Waals surface area contributed by atoms with Crippen molar-refractivity contribution >= 4 is 17.4 Å². The highest BCUT2D eigenvalue weighted by Crippen LogP contribution is 2.09. The number of anilines is 2.